The second-order valence-electron chi connectivity index (χ2n) is 3.03. The van der Waals surface area contributed by atoms with Gasteiger partial charge < -0.3 is 10.1 Å². The average Bonchev–Trinajstić information content (AvgIpc) is 2.52. The van der Waals surface area contributed by atoms with Gasteiger partial charge in [0.1, 0.15) is 0 Å². The predicted molar refractivity (Wildman–Crippen MR) is 45.2 cm³/mol. The Kier molecular flexibility index (Phi) is 3.41. The Hall–Kier alpha value is -0.520. The Morgan fingerprint density at radius 1 is 1.82 bits per heavy atom. The van der Waals surface area contributed by atoms with E-state index in [0.29, 0.717) is 5.92 Å². The van der Waals surface area contributed by atoms with Crippen molar-refractivity contribution in [1.82, 2.24) is 5.32 Å². The number of nitrogens with one attached hydrogen (secondary N) is 1. The molecule has 1 saturated heterocycles. The Labute approximate surface area is 68.3 Å². The summed E-state index contributed by atoms with van der Waals surface area (Å²) in [4.78, 5) is 0. The van der Waals surface area contributed by atoms with Gasteiger partial charge in [-0.1, -0.05) is 5.92 Å². The highest BCUT2D eigenvalue weighted by Crippen LogP contribution is 2.10. The van der Waals surface area contributed by atoms with E-state index in [1.54, 1.807) is 0 Å². The second kappa shape index (κ2) is 4.38. The zero-order chi connectivity index (χ0) is 8.10. The van der Waals surface area contributed by atoms with E-state index < -0.39 is 0 Å². The normalized spacial score (nSPS) is 26.4. The summed E-state index contributed by atoms with van der Waals surface area (Å²) in [6.45, 7) is 4.79. The molecule has 1 N–H and O–H groups in total. The third kappa shape index (κ3) is 2.92. The van der Waals surface area contributed by atoms with Crippen molar-refractivity contribution >= 4 is 0 Å². The summed E-state index contributed by atoms with van der Waals surface area (Å²) in [5.74, 6) is 3.31. The monoisotopic (exact) mass is 153 g/mol. The summed E-state index contributed by atoms with van der Waals surface area (Å²) in [6, 6.07) is 0.190. The van der Waals surface area contributed by atoms with Crippen molar-refractivity contribution in [1.29, 1.82) is 0 Å². The third-order valence-corrected chi connectivity index (χ3v) is 1.99. The van der Waals surface area contributed by atoms with Crippen molar-refractivity contribution in [2.24, 2.45) is 5.92 Å². The molecule has 0 saturated carbocycles. The molecule has 0 amide bonds. The molecule has 0 aromatic heterocycles. The molecule has 2 heteroatoms. The SMILES string of the molecule is C#CC(C)NCC1CCOC1. The molecule has 2 unspecified atom stereocenters. The van der Waals surface area contributed by atoms with Gasteiger partial charge >= 0.3 is 0 Å². The van der Waals surface area contributed by atoms with Crippen LogP contribution < -0.4 is 5.32 Å². The van der Waals surface area contributed by atoms with Crippen LogP contribution in [0.15, 0.2) is 0 Å². The minimum Gasteiger partial charge on any atom is -0.381 e. The Morgan fingerprint density at radius 2 is 2.64 bits per heavy atom. The van der Waals surface area contributed by atoms with Crippen molar-refractivity contribution in [3.05, 3.63) is 0 Å². The van der Waals surface area contributed by atoms with Crippen LogP contribution in [0.25, 0.3) is 0 Å². The smallest absolute Gasteiger partial charge is 0.0658 e. The van der Waals surface area contributed by atoms with Gasteiger partial charge in [-0.2, -0.15) is 0 Å². The van der Waals surface area contributed by atoms with E-state index in [1.807, 2.05) is 6.92 Å². The fourth-order valence-corrected chi connectivity index (χ4v) is 1.15. The first-order valence-corrected chi connectivity index (χ1v) is 4.10. The minimum absolute atomic E-state index is 0.190. The van der Waals surface area contributed by atoms with E-state index in [1.165, 1.54) is 6.42 Å². The van der Waals surface area contributed by atoms with Crippen molar-refractivity contribution in [3.63, 3.8) is 0 Å². The molecule has 1 aliphatic heterocycles. The Bertz CT molecular complexity index is 144. The molecule has 1 aliphatic rings. The highest BCUT2D eigenvalue weighted by molar-refractivity contribution is 4.95. The van der Waals surface area contributed by atoms with Gasteiger partial charge in [0.25, 0.3) is 0 Å². The largest absolute Gasteiger partial charge is 0.381 e. The van der Waals surface area contributed by atoms with E-state index in [-0.39, 0.29) is 6.04 Å². The molecule has 62 valence electrons. The molecule has 1 rings (SSSR count). The maximum atomic E-state index is 5.23. The van der Waals surface area contributed by atoms with Crippen LogP contribution in [-0.2, 0) is 4.74 Å². The molecule has 0 radical (unpaired) electrons. The van der Waals surface area contributed by atoms with Crippen molar-refractivity contribution in [2.75, 3.05) is 19.8 Å². The summed E-state index contributed by atoms with van der Waals surface area (Å²) in [5, 5.41) is 3.26. The second-order valence-corrected chi connectivity index (χ2v) is 3.03. The first-order valence-electron chi connectivity index (χ1n) is 4.10. The van der Waals surface area contributed by atoms with Crippen LogP contribution in [0.5, 0.6) is 0 Å². The highest BCUT2D eigenvalue weighted by atomic mass is 16.5. The standard InChI is InChI=1S/C9H15NO/c1-3-8(2)10-6-9-4-5-11-7-9/h1,8-10H,4-7H2,2H3. The summed E-state index contributed by atoms with van der Waals surface area (Å²) in [7, 11) is 0. The van der Waals surface area contributed by atoms with Gasteiger partial charge in [-0.15, -0.1) is 6.42 Å². The summed E-state index contributed by atoms with van der Waals surface area (Å²) in [6.07, 6.45) is 6.38. The predicted octanol–water partition coefficient (Wildman–Crippen LogP) is 0.634. The molecule has 2 atom stereocenters. The first kappa shape index (κ1) is 8.58. The summed E-state index contributed by atoms with van der Waals surface area (Å²) in [5.41, 5.74) is 0. The van der Waals surface area contributed by atoms with Gasteiger partial charge in [-0.3, -0.25) is 0 Å². The lowest BCUT2D eigenvalue weighted by Crippen LogP contribution is -2.30. The fourth-order valence-electron chi connectivity index (χ4n) is 1.15. The van der Waals surface area contributed by atoms with E-state index in [2.05, 4.69) is 11.2 Å². The average molecular weight is 153 g/mol. The zero-order valence-electron chi connectivity index (χ0n) is 6.97. The van der Waals surface area contributed by atoms with Gasteiger partial charge in [0.15, 0.2) is 0 Å². The zero-order valence-corrected chi connectivity index (χ0v) is 6.97. The van der Waals surface area contributed by atoms with E-state index in [4.69, 9.17) is 11.2 Å². The molecule has 1 heterocycles. The van der Waals surface area contributed by atoms with Crippen LogP contribution in [-0.4, -0.2) is 25.8 Å². The number of ether oxygens (including phenoxy) is 1. The molecular formula is C9H15NO. The van der Waals surface area contributed by atoms with E-state index in [0.717, 1.165) is 19.8 Å². The maximum absolute atomic E-state index is 5.23. The molecular weight excluding hydrogens is 138 g/mol. The van der Waals surface area contributed by atoms with Gasteiger partial charge in [-0.25, -0.2) is 0 Å². The quantitative estimate of drug-likeness (QED) is 0.601. The molecule has 1 fully saturated rings. The van der Waals surface area contributed by atoms with E-state index >= 15 is 0 Å². The Balaban J connectivity index is 2.07. The molecule has 0 aromatic rings. The maximum Gasteiger partial charge on any atom is 0.0658 e. The molecule has 0 aliphatic carbocycles. The molecule has 0 bridgehead atoms. The van der Waals surface area contributed by atoms with Crippen molar-refractivity contribution < 1.29 is 4.74 Å². The molecule has 11 heavy (non-hydrogen) atoms. The molecule has 2 nitrogen and oxygen atoms in total. The van der Waals surface area contributed by atoms with Crippen LogP contribution in [0.2, 0.25) is 0 Å². The lowest BCUT2D eigenvalue weighted by molar-refractivity contribution is 0.185. The van der Waals surface area contributed by atoms with Crippen molar-refractivity contribution in [2.45, 2.75) is 19.4 Å². The van der Waals surface area contributed by atoms with Gasteiger partial charge in [0.05, 0.1) is 12.6 Å². The topological polar surface area (TPSA) is 21.3 Å². The Morgan fingerprint density at radius 3 is 3.18 bits per heavy atom. The van der Waals surface area contributed by atoms with Crippen LogP contribution in [0, 0.1) is 18.3 Å². The van der Waals surface area contributed by atoms with Crippen LogP contribution >= 0.6 is 0 Å². The number of hydrogen-bond donors (Lipinski definition) is 1. The number of hydrogen-bond acceptors (Lipinski definition) is 2. The number of rotatable bonds is 3. The van der Waals surface area contributed by atoms with Gasteiger partial charge in [0.2, 0.25) is 0 Å². The van der Waals surface area contributed by atoms with Crippen LogP contribution in [0.4, 0.5) is 0 Å². The third-order valence-electron chi connectivity index (χ3n) is 1.99. The summed E-state index contributed by atoms with van der Waals surface area (Å²) >= 11 is 0. The summed E-state index contributed by atoms with van der Waals surface area (Å²) < 4.78 is 5.23. The number of terminal acetylenes is 1. The van der Waals surface area contributed by atoms with Gasteiger partial charge in [0, 0.05) is 13.2 Å². The van der Waals surface area contributed by atoms with Crippen molar-refractivity contribution in [3.8, 4) is 12.3 Å². The molecule has 0 spiro atoms. The van der Waals surface area contributed by atoms with Crippen LogP contribution in [0.3, 0.4) is 0 Å². The first-order chi connectivity index (χ1) is 5.33. The fraction of sp³-hybridized carbons (Fsp3) is 0.778. The lowest BCUT2D eigenvalue weighted by Gasteiger charge is -2.10. The van der Waals surface area contributed by atoms with E-state index in [9.17, 15) is 0 Å². The molecule has 0 aromatic carbocycles. The van der Waals surface area contributed by atoms with Crippen LogP contribution in [0.1, 0.15) is 13.3 Å². The van der Waals surface area contributed by atoms with Gasteiger partial charge in [-0.05, 0) is 19.3 Å². The lowest BCUT2D eigenvalue weighted by atomic mass is 10.1. The minimum atomic E-state index is 0.190. The highest BCUT2D eigenvalue weighted by Gasteiger charge is 2.15.